The standard InChI is InChI=1S/C18H14F4N2O4S/c19-11-5-6-14(12(20)8-11)24-9-10(7-16(24)25)17(26)23-13-3-1-2-4-15(13)29(27,28)18(21)22/h1-6,8,10,18H,7,9H2,(H,23,26). The zero-order valence-corrected chi connectivity index (χ0v) is 15.4. The maximum atomic E-state index is 13.9. The number of hydrogen-bond acceptors (Lipinski definition) is 4. The number of nitrogens with zero attached hydrogens (tertiary/aromatic N) is 1. The molecule has 1 atom stereocenters. The van der Waals surface area contributed by atoms with Crippen molar-refractivity contribution < 1.29 is 35.6 Å². The van der Waals surface area contributed by atoms with Gasteiger partial charge in [0.1, 0.15) is 11.6 Å². The Morgan fingerprint density at radius 2 is 1.83 bits per heavy atom. The molecule has 1 unspecified atom stereocenters. The zero-order valence-electron chi connectivity index (χ0n) is 14.6. The molecule has 0 spiro atoms. The minimum atomic E-state index is -4.96. The molecule has 1 aliphatic rings. The van der Waals surface area contributed by atoms with Gasteiger partial charge in [-0.15, -0.1) is 0 Å². The zero-order chi connectivity index (χ0) is 21.3. The van der Waals surface area contributed by atoms with E-state index >= 15 is 0 Å². The van der Waals surface area contributed by atoms with Gasteiger partial charge in [0.15, 0.2) is 0 Å². The average Bonchev–Trinajstić information content (AvgIpc) is 3.03. The van der Waals surface area contributed by atoms with Gasteiger partial charge < -0.3 is 10.2 Å². The van der Waals surface area contributed by atoms with Crippen molar-refractivity contribution >= 4 is 33.0 Å². The number of anilines is 2. The van der Waals surface area contributed by atoms with Gasteiger partial charge in [-0.25, -0.2) is 17.2 Å². The molecule has 1 saturated heterocycles. The molecule has 2 amide bonds. The number of sulfone groups is 1. The monoisotopic (exact) mass is 430 g/mol. The van der Waals surface area contributed by atoms with Gasteiger partial charge in [-0.05, 0) is 24.3 Å². The summed E-state index contributed by atoms with van der Waals surface area (Å²) in [5.41, 5.74) is -0.552. The molecular formula is C18H14F4N2O4S. The van der Waals surface area contributed by atoms with E-state index in [1.165, 1.54) is 12.1 Å². The molecule has 0 aliphatic carbocycles. The second-order valence-electron chi connectivity index (χ2n) is 6.29. The molecule has 1 aliphatic heterocycles. The van der Waals surface area contributed by atoms with Crippen LogP contribution in [0, 0.1) is 17.6 Å². The highest BCUT2D eigenvalue weighted by molar-refractivity contribution is 7.91. The fourth-order valence-electron chi connectivity index (χ4n) is 2.96. The molecular weight excluding hydrogens is 416 g/mol. The first-order valence-electron chi connectivity index (χ1n) is 8.28. The fourth-order valence-corrected chi connectivity index (χ4v) is 3.85. The van der Waals surface area contributed by atoms with Crippen molar-refractivity contribution in [2.24, 2.45) is 5.92 Å². The van der Waals surface area contributed by atoms with Crippen molar-refractivity contribution in [1.82, 2.24) is 0 Å². The molecule has 0 saturated carbocycles. The maximum Gasteiger partial charge on any atom is 0.341 e. The number of hydrogen-bond donors (Lipinski definition) is 1. The van der Waals surface area contributed by atoms with Crippen LogP contribution in [-0.4, -0.2) is 32.5 Å². The van der Waals surface area contributed by atoms with E-state index in [0.29, 0.717) is 6.07 Å². The Bertz CT molecular complexity index is 1080. The van der Waals surface area contributed by atoms with Gasteiger partial charge in [0.25, 0.3) is 0 Å². The number of alkyl halides is 2. The quantitative estimate of drug-likeness (QED) is 0.740. The molecule has 2 aromatic carbocycles. The predicted octanol–water partition coefficient (Wildman–Crippen LogP) is 2.95. The smallest absolute Gasteiger partial charge is 0.325 e. The number of para-hydroxylation sites is 1. The number of carbonyl (C=O) groups excluding carboxylic acids is 2. The van der Waals surface area contributed by atoms with Crippen LogP contribution in [0.1, 0.15) is 6.42 Å². The minimum absolute atomic E-state index is 0.202. The van der Waals surface area contributed by atoms with E-state index in [-0.39, 0.29) is 24.3 Å². The van der Waals surface area contributed by atoms with Crippen molar-refractivity contribution in [1.29, 1.82) is 0 Å². The van der Waals surface area contributed by atoms with Crippen molar-refractivity contribution in [2.45, 2.75) is 17.1 Å². The summed E-state index contributed by atoms with van der Waals surface area (Å²) in [6.45, 7) is -0.239. The second kappa shape index (κ2) is 7.82. The molecule has 1 heterocycles. The number of halogens is 4. The van der Waals surface area contributed by atoms with Crippen molar-refractivity contribution in [3.8, 4) is 0 Å². The summed E-state index contributed by atoms with van der Waals surface area (Å²) in [4.78, 5) is 24.9. The molecule has 0 aromatic heterocycles. The third kappa shape index (κ3) is 4.09. The van der Waals surface area contributed by atoms with Gasteiger partial charge in [0.2, 0.25) is 21.7 Å². The van der Waals surface area contributed by atoms with Gasteiger partial charge in [-0.1, -0.05) is 12.1 Å². The van der Waals surface area contributed by atoms with Crippen molar-refractivity contribution in [3.63, 3.8) is 0 Å². The average molecular weight is 430 g/mol. The first-order valence-corrected chi connectivity index (χ1v) is 9.83. The summed E-state index contributed by atoms with van der Waals surface area (Å²) in [5, 5.41) is 2.25. The maximum absolute atomic E-state index is 13.9. The van der Waals surface area contributed by atoms with E-state index in [2.05, 4.69) is 5.32 Å². The Kier molecular flexibility index (Phi) is 5.60. The van der Waals surface area contributed by atoms with Crippen molar-refractivity contribution in [2.75, 3.05) is 16.8 Å². The summed E-state index contributed by atoms with van der Waals surface area (Å²) >= 11 is 0. The summed E-state index contributed by atoms with van der Waals surface area (Å²) in [6, 6.07) is 7.26. The first-order chi connectivity index (χ1) is 13.6. The Morgan fingerprint density at radius 3 is 2.48 bits per heavy atom. The van der Waals surface area contributed by atoms with Crippen LogP contribution in [0.25, 0.3) is 0 Å². The van der Waals surface area contributed by atoms with Gasteiger partial charge >= 0.3 is 5.76 Å². The number of rotatable bonds is 5. The van der Waals surface area contributed by atoms with Crippen LogP contribution in [0.2, 0.25) is 0 Å². The Hall–Kier alpha value is -2.95. The molecule has 0 bridgehead atoms. The number of carbonyl (C=O) groups is 2. The highest BCUT2D eigenvalue weighted by atomic mass is 32.2. The largest absolute Gasteiger partial charge is 0.341 e. The third-order valence-corrected chi connectivity index (χ3v) is 5.82. The molecule has 29 heavy (non-hydrogen) atoms. The first kappa shape index (κ1) is 20.8. The van der Waals surface area contributed by atoms with Crippen LogP contribution >= 0.6 is 0 Å². The topological polar surface area (TPSA) is 83.5 Å². The lowest BCUT2D eigenvalue weighted by Crippen LogP contribution is -2.29. The molecule has 11 heteroatoms. The molecule has 154 valence electrons. The lowest BCUT2D eigenvalue weighted by atomic mass is 10.1. The molecule has 6 nitrogen and oxygen atoms in total. The third-order valence-electron chi connectivity index (χ3n) is 4.38. The van der Waals surface area contributed by atoms with E-state index in [9.17, 15) is 35.6 Å². The fraction of sp³-hybridized carbons (Fsp3) is 0.222. The van der Waals surface area contributed by atoms with Crippen LogP contribution < -0.4 is 10.2 Å². The molecule has 1 fully saturated rings. The lowest BCUT2D eigenvalue weighted by Gasteiger charge is -2.18. The van der Waals surface area contributed by atoms with Crippen LogP contribution in [0.4, 0.5) is 28.9 Å². The van der Waals surface area contributed by atoms with E-state index in [1.807, 2.05) is 0 Å². The van der Waals surface area contributed by atoms with Gasteiger partial charge in [-0.2, -0.15) is 8.78 Å². The normalized spacial score (nSPS) is 17.1. The second-order valence-corrected chi connectivity index (χ2v) is 8.18. The lowest BCUT2D eigenvalue weighted by molar-refractivity contribution is -0.122. The Balaban J connectivity index is 1.81. The van der Waals surface area contributed by atoms with Crippen molar-refractivity contribution in [3.05, 3.63) is 54.1 Å². The van der Waals surface area contributed by atoms with E-state index in [1.54, 1.807) is 0 Å². The highest BCUT2D eigenvalue weighted by Crippen LogP contribution is 2.30. The van der Waals surface area contributed by atoms with Crippen LogP contribution in [-0.2, 0) is 19.4 Å². The minimum Gasteiger partial charge on any atom is -0.325 e. The summed E-state index contributed by atoms with van der Waals surface area (Å²) in [6.07, 6.45) is -0.313. The number of nitrogens with one attached hydrogen (secondary N) is 1. The van der Waals surface area contributed by atoms with E-state index in [4.69, 9.17) is 0 Å². The highest BCUT2D eigenvalue weighted by Gasteiger charge is 2.37. The predicted molar refractivity (Wildman–Crippen MR) is 95.1 cm³/mol. The summed E-state index contributed by atoms with van der Waals surface area (Å²) in [7, 11) is -4.96. The molecule has 1 N–H and O–H groups in total. The molecule has 0 radical (unpaired) electrons. The van der Waals surface area contributed by atoms with Gasteiger partial charge in [0, 0.05) is 19.0 Å². The summed E-state index contributed by atoms with van der Waals surface area (Å²) in [5.74, 6) is -7.86. The van der Waals surface area contributed by atoms with Gasteiger partial charge in [-0.3, -0.25) is 9.59 Å². The number of benzene rings is 2. The van der Waals surface area contributed by atoms with Crippen LogP contribution in [0.3, 0.4) is 0 Å². The SMILES string of the molecule is O=C(Nc1ccccc1S(=O)(=O)C(F)F)C1CC(=O)N(c2ccc(F)cc2F)C1. The van der Waals surface area contributed by atoms with E-state index < -0.39 is 49.9 Å². The summed E-state index contributed by atoms with van der Waals surface area (Å²) < 4.78 is 76.3. The molecule has 3 rings (SSSR count). The Morgan fingerprint density at radius 1 is 1.14 bits per heavy atom. The van der Waals surface area contributed by atoms with E-state index in [0.717, 1.165) is 29.2 Å². The molecule has 2 aromatic rings. The number of amides is 2. The van der Waals surface area contributed by atoms with Crippen LogP contribution in [0.15, 0.2) is 47.4 Å². The Labute approximate surface area is 163 Å². The van der Waals surface area contributed by atoms with Gasteiger partial charge in [0.05, 0.1) is 22.2 Å². The van der Waals surface area contributed by atoms with Crippen LogP contribution in [0.5, 0.6) is 0 Å².